The molecule has 110 valence electrons. The number of nitrogens with one attached hydrogen (secondary N) is 1. The SMILES string of the molecule is CCCc1cc(C(=O)NC2(C(=O)O)CCCC2)sc1C. The largest absolute Gasteiger partial charge is 0.480 e. The first-order chi connectivity index (χ1) is 9.48. The van der Waals surface area contributed by atoms with Gasteiger partial charge in [0.2, 0.25) is 0 Å². The van der Waals surface area contributed by atoms with E-state index in [-0.39, 0.29) is 5.91 Å². The minimum Gasteiger partial charge on any atom is -0.480 e. The second-order valence-electron chi connectivity index (χ2n) is 5.49. The maximum Gasteiger partial charge on any atom is 0.329 e. The number of amides is 1. The van der Waals surface area contributed by atoms with Crippen LogP contribution in [0.5, 0.6) is 0 Å². The summed E-state index contributed by atoms with van der Waals surface area (Å²) in [6.45, 7) is 4.11. The minimum atomic E-state index is -1.06. The lowest BCUT2D eigenvalue weighted by Gasteiger charge is -2.24. The third-order valence-electron chi connectivity index (χ3n) is 3.98. The Balaban J connectivity index is 2.15. The number of hydrogen-bond donors (Lipinski definition) is 2. The number of hydrogen-bond acceptors (Lipinski definition) is 3. The molecule has 2 N–H and O–H groups in total. The Bertz CT molecular complexity index is 515. The lowest BCUT2D eigenvalue weighted by atomic mass is 9.98. The van der Waals surface area contributed by atoms with Crippen LogP contribution in [0.1, 0.15) is 59.1 Å². The van der Waals surface area contributed by atoms with Crippen LogP contribution < -0.4 is 5.32 Å². The zero-order valence-electron chi connectivity index (χ0n) is 12.0. The molecule has 0 saturated heterocycles. The molecule has 1 aromatic heterocycles. The molecular formula is C15H21NO3S. The second-order valence-corrected chi connectivity index (χ2v) is 6.75. The van der Waals surface area contributed by atoms with Gasteiger partial charge in [-0.15, -0.1) is 11.3 Å². The van der Waals surface area contributed by atoms with Crippen LogP contribution in [0.4, 0.5) is 0 Å². The highest BCUT2D eigenvalue weighted by Gasteiger charge is 2.42. The van der Waals surface area contributed by atoms with Crippen molar-refractivity contribution in [3.63, 3.8) is 0 Å². The van der Waals surface area contributed by atoms with Gasteiger partial charge in [0.05, 0.1) is 4.88 Å². The van der Waals surface area contributed by atoms with Crippen LogP contribution in [-0.2, 0) is 11.2 Å². The highest BCUT2D eigenvalue weighted by molar-refractivity contribution is 7.14. The van der Waals surface area contributed by atoms with Crippen molar-refractivity contribution in [1.82, 2.24) is 5.32 Å². The van der Waals surface area contributed by atoms with Crippen LogP contribution in [0, 0.1) is 6.92 Å². The van der Waals surface area contributed by atoms with Gasteiger partial charge < -0.3 is 10.4 Å². The molecule has 1 saturated carbocycles. The number of carbonyl (C=O) groups excluding carboxylic acids is 1. The van der Waals surface area contributed by atoms with Gasteiger partial charge in [0.25, 0.3) is 5.91 Å². The molecule has 0 aromatic carbocycles. The van der Waals surface area contributed by atoms with Crippen molar-refractivity contribution in [2.45, 2.75) is 57.9 Å². The van der Waals surface area contributed by atoms with E-state index >= 15 is 0 Å². The summed E-state index contributed by atoms with van der Waals surface area (Å²) in [6.07, 6.45) is 4.77. The van der Waals surface area contributed by atoms with Gasteiger partial charge in [-0.3, -0.25) is 4.79 Å². The molecule has 1 aromatic rings. The molecule has 0 bridgehead atoms. The van der Waals surface area contributed by atoms with Crippen molar-refractivity contribution in [2.24, 2.45) is 0 Å². The van der Waals surface area contributed by atoms with Crippen molar-refractivity contribution in [2.75, 3.05) is 0 Å². The van der Waals surface area contributed by atoms with E-state index in [1.165, 1.54) is 16.9 Å². The number of carbonyl (C=O) groups is 2. The highest BCUT2D eigenvalue weighted by Crippen LogP contribution is 2.31. The maximum atomic E-state index is 12.3. The molecule has 0 unspecified atom stereocenters. The quantitative estimate of drug-likeness (QED) is 0.877. The van der Waals surface area contributed by atoms with Crippen LogP contribution in [0.2, 0.25) is 0 Å². The summed E-state index contributed by atoms with van der Waals surface area (Å²) in [5.41, 5.74) is 0.137. The summed E-state index contributed by atoms with van der Waals surface area (Å²) < 4.78 is 0. The predicted octanol–water partition coefficient (Wildman–Crippen LogP) is 3.14. The smallest absolute Gasteiger partial charge is 0.329 e. The third-order valence-corrected chi connectivity index (χ3v) is 5.07. The third kappa shape index (κ3) is 2.87. The Morgan fingerprint density at radius 1 is 1.40 bits per heavy atom. The van der Waals surface area contributed by atoms with E-state index in [9.17, 15) is 14.7 Å². The Labute approximate surface area is 123 Å². The Morgan fingerprint density at radius 3 is 2.60 bits per heavy atom. The van der Waals surface area contributed by atoms with Gasteiger partial charge >= 0.3 is 5.97 Å². The zero-order valence-corrected chi connectivity index (χ0v) is 12.8. The number of aryl methyl sites for hydroxylation is 2. The fourth-order valence-corrected chi connectivity index (χ4v) is 3.77. The summed E-state index contributed by atoms with van der Waals surface area (Å²) in [7, 11) is 0. The predicted molar refractivity (Wildman–Crippen MR) is 79.4 cm³/mol. The second kappa shape index (κ2) is 5.95. The van der Waals surface area contributed by atoms with E-state index in [0.29, 0.717) is 17.7 Å². The molecule has 0 aliphatic heterocycles. The molecule has 0 atom stereocenters. The fraction of sp³-hybridized carbons (Fsp3) is 0.600. The van der Waals surface area contributed by atoms with Crippen molar-refractivity contribution >= 4 is 23.2 Å². The van der Waals surface area contributed by atoms with E-state index in [0.717, 1.165) is 30.6 Å². The molecule has 4 nitrogen and oxygen atoms in total. The van der Waals surface area contributed by atoms with Crippen LogP contribution in [0.15, 0.2) is 6.07 Å². The molecule has 1 aliphatic carbocycles. The zero-order chi connectivity index (χ0) is 14.8. The van der Waals surface area contributed by atoms with Gasteiger partial charge in [-0.05, 0) is 37.8 Å². The standard InChI is InChI=1S/C15H21NO3S/c1-3-6-11-9-12(20-10(11)2)13(17)16-15(14(18)19)7-4-5-8-15/h9H,3-8H2,1-2H3,(H,16,17)(H,18,19). The summed E-state index contributed by atoms with van der Waals surface area (Å²) in [5.74, 6) is -1.16. The molecule has 0 spiro atoms. The number of rotatable bonds is 5. The summed E-state index contributed by atoms with van der Waals surface area (Å²) in [4.78, 5) is 25.5. The van der Waals surface area contributed by atoms with Crippen molar-refractivity contribution in [3.05, 3.63) is 21.4 Å². The molecule has 2 rings (SSSR count). The average molecular weight is 295 g/mol. The Hall–Kier alpha value is -1.36. The lowest BCUT2D eigenvalue weighted by Crippen LogP contribution is -2.52. The molecule has 0 radical (unpaired) electrons. The monoisotopic (exact) mass is 295 g/mol. The van der Waals surface area contributed by atoms with Crippen LogP contribution >= 0.6 is 11.3 Å². The summed E-state index contributed by atoms with van der Waals surface area (Å²) in [5, 5.41) is 12.2. The van der Waals surface area contributed by atoms with Crippen LogP contribution in [0.3, 0.4) is 0 Å². The van der Waals surface area contributed by atoms with Gasteiger partial charge in [0.1, 0.15) is 5.54 Å². The summed E-state index contributed by atoms with van der Waals surface area (Å²) in [6, 6.07) is 1.91. The van der Waals surface area contributed by atoms with Crippen LogP contribution in [-0.4, -0.2) is 22.5 Å². The van der Waals surface area contributed by atoms with Gasteiger partial charge in [-0.25, -0.2) is 4.79 Å². The maximum absolute atomic E-state index is 12.3. The Kier molecular flexibility index (Phi) is 4.48. The first kappa shape index (κ1) is 15.0. The Morgan fingerprint density at radius 2 is 2.05 bits per heavy atom. The molecule has 1 aliphatic rings. The van der Waals surface area contributed by atoms with Crippen molar-refractivity contribution < 1.29 is 14.7 Å². The lowest BCUT2D eigenvalue weighted by molar-refractivity contribution is -0.144. The fourth-order valence-electron chi connectivity index (χ4n) is 2.80. The van der Waals surface area contributed by atoms with Gasteiger partial charge in [0, 0.05) is 4.88 Å². The number of carboxylic acids is 1. The first-order valence-corrected chi connectivity index (χ1v) is 7.95. The molecule has 5 heteroatoms. The molecule has 20 heavy (non-hydrogen) atoms. The van der Waals surface area contributed by atoms with E-state index in [1.807, 2.05) is 13.0 Å². The normalized spacial score (nSPS) is 17.1. The molecular weight excluding hydrogens is 274 g/mol. The molecule has 1 amide bonds. The van der Waals surface area contributed by atoms with Crippen LogP contribution in [0.25, 0.3) is 0 Å². The molecule has 1 fully saturated rings. The van der Waals surface area contributed by atoms with E-state index < -0.39 is 11.5 Å². The van der Waals surface area contributed by atoms with E-state index in [1.54, 1.807) is 0 Å². The minimum absolute atomic E-state index is 0.246. The number of thiophene rings is 1. The highest BCUT2D eigenvalue weighted by atomic mass is 32.1. The molecule has 1 heterocycles. The topological polar surface area (TPSA) is 66.4 Å². The van der Waals surface area contributed by atoms with E-state index in [4.69, 9.17) is 0 Å². The average Bonchev–Trinajstić information content (AvgIpc) is 2.99. The first-order valence-electron chi connectivity index (χ1n) is 7.14. The number of aliphatic carboxylic acids is 1. The van der Waals surface area contributed by atoms with E-state index in [2.05, 4.69) is 12.2 Å². The van der Waals surface area contributed by atoms with Gasteiger partial charge in [-0.2, -0.15) is 0 Å². The van der Waals surface area contributed by atoms with Crippen molar-refractivity contribution in [1.29, 1.82) is 0 Å². The van der Waals surface area contributed by atoms with Gasteiger partial charge in [0.15, 0.2) is 0 Å². The van der Waals surface area contributed by atoms with Crippen molar-refractivity contribution in [3.8, 4) is 0 Å². The summed E-state index contributed by atoms with van der Waals surface area (Å²) >= 11 is 1.45. The van der Waals surface area contributed by atoms with Gasteiger partial charge in [-0.1, -0.05) is 26.2 Å². The number of carboxylic acid groups (broad SMARTS) is 1.